The average molecular weight is 448 g/mol. The SMILES string of the molecule is CCOC(=O)[C@H](C)OCc1c(C)c(N=C=O)c(N=C=O)c(C)c1CO[C@@H](C)C(=O)OCC. The summed E-state index contributed by atoms with van der Waals surface area (Å²) >= 11 is 0. The lowest BCUT2D eigenvalue weighted by molar-refractivity contribution is -0.157. The van der Waals surface area contributed by atoms with Crippen molar-refractivity contribution in [3.05, 3.63) is 22.3 Å². The van der Waals surface area contributed by atoms with Gasteiger partial charge >= 0.3 is 11.9 Å². The van der Waals surface area contributed by atoms with Gasteiger partial charge in [0.25, 0.3) is 0 Å². The number of esters is 2. The summed E-state index contributed by atoms with van der Waals surface area (Å²) in [5.74, 6) is -1.05. The third-order valence-electron chi connectivity index (χ3n) is 4.71. The highest BCUT2D eigenvalue weighted by Gasteiger charge is 2.24. The fourth-order valence-electron chi connectivity index (χ4n) is 2.92. The molecule has 0 amide bonds. The van der Waals surface area contributed by atoms with Crippen LogP contribution < -0.4 is 0 Å². The van der Waals surface area contributed by atoms with Crippen LogP contribution in [-0.4, -0.2) is 49.5 Å². The third kappa shape index (κ3) is 6.93. The average Bonchev–Trinajstić information content (AvgIpc) is 2.76. The van der Waals surface area contributed by atoms with E-state index < -0.39 is 24.1 Å². The zero-order chi connectivity index (χ0) is 24.3. The maximum atomic E-state index is 11.9. The summed E-state index contributed by atoms with van der Waals surface area (Å²) in [5, 5.41) is 0. The van der Waals surface area contributed by atoms with Gasteiger partial charge in [0.05, 0.1) is 26.4 Å². The first kappa shape index (κ1) is 26.9. The highest BCUT2D eigenvalue weighted by Crippen LogP contribution is 2.40. The van der Waals surface area contributed by atoms with Gasteiger partial charge in [-0.1, -0.05) is 0 Å². The maximum absolute atomic E-state index is 11.9. The lowest BCUT2D eigenvalue weighted by Crippen LogP contribution is -2.25. The molecule has 10 nitrogen and oxygen atoms in total. The Morgan fingerprint density at radius 1 is 0.781 bits per heavy atom. The van der Waals surface area contributed by atoms with Gasteiger partial charge in [0.1, 0.15) is 11.4 Å². The minimum Gasteiger partial charge on any atom is -0.464 e. The van der Waals surface area contributed by atoms with Gasteiger partial charge in [0, 0.05) is 0 Å². The van der Waals surface area contributed by atoms with Gasteiger partial charge < -0.3 is 18.9 Å². The molecular formula is C22H28N2O8. The van der Waals surface area contributed by atoms with Gasteiger partial charge in [0.15, 0.2) is 12.2 Å². The Bertz CT molecular complexity index is 856. The molecule has 0 aliphatic carbocycles. The number of hydrogen-bond acceptors (Lipinski definition) is 10. The Kier molecular flexibility index (Phi) is 11.2. The van der Waals surface area contributed by atoms with Crippen molar-refractivity contribution in [3.8, 4) is 0 Å². The van der Waals surface area contributed by atoms with Crippen LogP contribution in [0.1, 0.15) is 49.9 Å². The van der Waals surface area contributed by atoms with Crippen molar-refractivity contribution < 1.29 is 38.1 Å². The van der Waals surface area contributed by atoms with Crippen molar-refractivity contribution in [3.63, 3.8) is 0 Å². The molecule has 0 fully saturated rings. The van der Waals surface area contributed by atoms with Crippen molar-refractivity contribution in [2.45, 2.75) is 67.0 Å². The predicted molar refractivity (Wildman–Crippen MR) is 113 cm³/mol. The molecule has 0 heterocycles. The largest absolute Gasteiger partial charge is 0.464 e. The molecule has 1 rings (SSSR count). The summed E-state index contributed by atoms with van der Waals surface area (Å²) in [4.78, 5) is 53.1. The van der Waals surface area contributed by atoms with E-state index in [0.29, 0.717) is 22.3 Å². The van der Waals surface area contributed by atoms with Crippen LogP contribution in [0.3, 0.4) is 0 Å². The zero-order valence-electron chi connectivity index (χ0n) is 19.1. The van der Waals surface area contributed by atoms with Crippen molar-refractivity contribution in [2.75, 3.05) is 13.2 Å². The number of nitrogens with zero attached hydrogens (tertiary/aromatic N) is 2. The van der Waals surface area contributed by atoms with Crippen LogP contribution in [0.15, 0.2) is 9.98 Å². The first-order valence-electron chi connectivity index (χ1n) is 10.1. The van der Waals surface area contributed by atoms with Crippen LogP contribution in [-0.2, 0) is 51.3 Å². The number of hydrogen-bond donors (Lipinski definition) is 0. The lowest BCUT2D eigenvalue weighted by Gasteiger charge is -2.22. The molecule has 0 N–H and O–H groups in total. The zero-order valence-corrected chi connectivity index (χ0v) is 19.1. The van der Waals surface area contributed by atoms with E-state index in [0.717, 1.165) is 0 Å². The maximum Gasteiger partial charge on any atom is 0.334 e. The summed E-state index contributed by atoms with van der Waals surface area (Å²) in [6.45, 7) is 10.1. The number of carbonyl (C=O) groups excluding carboxylic acids is 4. The summed E-state index contributed by atoms with van der Waals surface area (Å²) in [5.41, 5.74) is 2.34. The number of aliphatic imine (C=N–C) groups is 2. The summed E-state index contributed by atoms with van der Waals surface area (Å²) < 4.78 is 21.2. The monoisotopic (exact) mass is 448 g/mol. The summed E-state index contributed by atoms with van der Waals surface area (Å²) in [7, 11) is 0. The predicted octanol–water partition coefficient (Wildman–Crippen LogP) is 3.17. The first-order valence-corrected chi connectivity index (χ1v) is 10.1. The molecule has 0 aliphatic heterocycles. The molecule has 0 bridgehead atoms. The Hall–Kier alpha value is -3.16. The van der Waals surface area contributed by atoms with E-state index in [2.05, 4.69) is 9.98 Å². The molecule has 0 saturated heterocycles. The van der Waals surface area contributed by atoms with Crippen LogP contribution in [0.2, 0.25) is 0 Å². The van der Waals surface area contributed by atoms with Gasteiger partial charge in [0.2, 0.25) is 12.2 Å². The standard InChI is InChI=1S/C22H28N2O8/c1-7-29-21(27)15(5)31-9-17-13(3)19(23-11-25)20(24-12-26)14(4)18(17)10-32-16(6)22(28)30-8-2/h15-16H,7-10H2,1-6H3/t15-,16-/m0/s1. The molecule has 0 radical (unpaired) electrons. The topological polar surface area (TPSA) is 130 Å². The molecule has 0 aromatic heterocycles. The van der Waals surface area contributed by atoms with Gasteiger partial charge in [-0.3, -0.25) is 0 Å². The van der Waals surface area contributed by atoms with Gasteiger partial charge in [-0.2, -0.15) is 9.98 Å². The van der Waals surface area contributed by atoms with Crippen molar-refractivity contribution >= 4 is 35.5 Å². The Labute approximate surface area is 186 Å². The normalized spacial score (nSPS) is 12.2. The molecule has 0 unspecified atom stereocenters. The van der Waals surface area contributed by atoms with Gasteiger partial charge in [-0.25, -0.2) is 19.2 Å². The highest BCUT2D eigenvalue weighted by molar-refractivity contribution is 5.78. The fraction of sp³-hybridized carbons (Fsp3) is 0.545. The molecule has 32 heavy (non-hydrogen) atoms. The minimum absolute atomic E-state index is 0.0500. The molecule has 10 heteroatoms. The molecule has 0 aliphatic rings. The number of benzene rings is 1. The van der Waals surface area contributed by atoms with E-state index in [9.17, 15) is 19.2 Å². The van der Waals surface area contributed by atoms with Crippen molar-refractivity contribution in [1.29, 1.82) is 0 Å². The first-order chi connectivity index (χ1) is 15.2. The molecule has 0 spiro atoms. The number of isocyanates is 2. The molecule has 1 aromatic carbocycles. The van der Waals surface area contributed by atoms with Crippen LogP contribution in [0.25, 0.3) is 0 Å². The van der Waals surface area contributed by atoms with E-state index >= 15 is 0 Å². The number of rotatable bonds is 12. The van der Waals surface area contributed by atoms with Crippen molar-refractivity contribution in [2.24, 2.45) is 9.98 Å². The van der Waals surface area contributed by atoms with Gasteiger partial charge in [-0.15, -0.1) is 0 Å². The second-order valence-corrected chi connectivity index (χ2v) is 6.72. The van der Waals surface area contributed by atoms with Crippen LogP contribution >= 0.6 is 0 Å². The second-order valence-electron chi connectivity index (χ2n) is 6.72. The molecule has 174 valence electrons. The molecule has 0 saturated carbocycles. The Balaban J connectivity index is 3.44. The fourth-order valence-corrected chi connectivity index (χ4v) is 2.92. The van der Waals surface area contributed by atoms with Gasteiger partial charge in [-0.05, 0) is 63.8 Å². The van der Waals surface area contributed by atoms with E-state index in [1.54, 1.807) is 41.5 Å². The van der Waals surface area contributed by atoms with Crippen LogP contribution in [0.5, 0.6) is 0 Å². The van der Waals surface area contributed by atoms with Crippen LogP contribution in [0, 0.1) is 13.8 Å². The third-order valence-corrected chi connectivity index (χ3v) is 4.71. The molecular weight excluding hydrogens is 420 g/mol. The lowest BCUT2D eigenvalue weighted by atomic mass is 9.94. The van der Waals surface area contributed by atoms with E-state index in [-0.39, 0.29) is 37.8 Å². The van der Waals surface area contributed by atoms with Crippen molar-refractivity contribution in [1.82, 2.24) is 0 Å². The molecule has 2 atom stereocenters. The Morgan fingerprint density at radius 2 is 1.12 bits per heavy atom. The van der Waals surface area contributed by atoms with E-state index in [1.165, 1.54) is 12.2 Å². The second kappa shape index (κ2) is 13.3. The highest BCUT2D eigenvalue weighted by atomic mass is 16.6. The summed E-state index contributed by atoms with van der Waals surface area (Å²) in [6, 6.07) is 0. The number of ether oxygens (including phenoxy) is 4. The van der Waals surface area contributed by atoms with E-state index in [1.807, 2.05) is 0 Å². The smallest absolute Gasteiger partial charge is 0.334 e. The quantitative estimate of drug-likeness (QED) is 0.271. The van der Waals surface area contributed by atoms with Crippen LogP contribution in [0.4, 0.5) is 11.4 Å². The summed E-state index contributed by atoms with van der Waals surface area (Å²) in [6.07, 6.45) is 1.20. The number of carbonyl (C=O) groups is 2. The Morgan fingerprint density at radius 3 is 1.41 bits per heavy atom. The molecule has 1 aromatic rings. The van der Waals surface area contributed by atoms with E-state index in [4.69, 9.17) is 18.9 Å². The minimum atomic E-state index is -0.854.